The molecule has 2 heterocycles. The van der Waals surface area contributed by atoms with E-state index in [1.54, 1.807) is 10.9 Å². The quantitative estimate of drug-likeness (QED) is 0.927. The number of aliphatic hydroxyl groups excluding tert-OH is 1. The monoisotopic (exact) mass is 265 g/mol. The predicted molar refractivity (Wildman–Crippen MR) is 70.6 cm³/mol. The van der Waals surface area contributed by atoms with Gasteiger partial charge in [-0.05, 0) is 25.5 Å². The molecule has 0 fully saturated rings. The second-order valence-electron chi connectivity index (χ2n) is 4.45. The fourth-order valence-electron chi connectivity index (χ4n) is 1.87. The Balaban J connectivity index is 2.21. The van der Waals surface area contributed by atoms with Crippen LogP contribution in [0.1, 0.15) is 28.7 Å². The molecule has 1 atom stereocenters. The Morgan fingerprint density at radius 3 is 2.61 bits per heavy atom. The van der Waals surface area contributed by atoms with Crippen molar-refractivity contribution in [1.29, 1.82) is 0 Å². The van der Waals surface area contributed by atoms with E-state index in [1.807, 2.05) is 33.0 Å². The zero-order chi connectivity index (χ0) is 13.3. The lowest BCUT2D eigenvalue weighted by Gasteiger charge is -2.10. The summed E-state index contributed by atoms with van der Waals surface area (Å²) in [4.78, 5) is 4.22. The van der Waals surface area contributed by atoms with E-state index in [-0.39, 0.29) is 0 Å². The highest BCUT2D eigenvalue weighted by Crippen LogP contribution is 2.24. The first-order valence-electron chi connectivity index (χ1n) is 5.77. The number of aliphatic hydroxyl groups is 1. The maximum Gasteiger partial charge on any atom is 0.101 e. The highest BCUT2D eigenvalue weighted by molar-refractivity contribution is 6.31. The molecule has 1 unspecified atom stereocenters. The van der Waals surface area contributed by atoms with Crippen LogP contribution in [0.5, 0.6) is 0 Å². The summed E-state index contributed by atoms with van der Waals surface area (Å²) in [7, 11) is 1.82. The molecule has 2 rings (SSSR count). The Morgan fingerprint density at radius 2 is 2.11 bits per heavy atom. The van der Waals surface area contributed by atoms with Gasteiger partial charge in [0.2, 0.25) is 0 Å². The molecule has 5 heteroatoms. The molecule has 0 saturated heterocycles. The molecule has 0 aromatic carbocycles. The molecule has 2 aromatic heterocycles. The number of aromatic nitrogens is 3. The van der Waals surface area contributed by atoms with E-state index >= 15 is 0 Å². The molecule has 96 valence electrons. The zero-order valence-corrected chi connectivity index (χ0v) is 11.4. The van der Waals surface area contributed by atoms with Gasteiger partial charge in [0.1, 0.15) is 6.10 Å². The topological polar surface area (TPSA) is 50.9 Å². The Morgan fingerprint density at radius 1 is 1.39 bits per heavy atom. The molecule has 0 spiro atoms. The van der Waals surface area contributed by atoms with Gasteiger partial charge in [0.15, 0.2) is 0 Å². The van der Waals surface area contributed by atoms with Crippen LogP contribution >= 0.6 is 11.6 Å². The van der Waals surface area contributed by atoms with Crippen molar-refractivity contribution in [2.75, 3.05) is 0 Å². The third kappa shape index (κ3) is 2.54. The van der Waals surface area contributed by atoms with Crippen LogP contribution in [-0.2, 0) is 13.5 Å². The van der Waals surface area contributed by atoms with E-state index in [4.69, 9.17) is 11.6 Å². The third-order valence-corrected chi connectivity index (χ3v) is 3.42. The molecule has 4 nitrogen and oxygen atoms in total. The first-order valence-corrected chi connectivity index (χ1v) is 6.15. The van der Waals surface area contributed by atoms with Gasteiger partial charge in [-0.15, -0.1) is 0 Å². The molecular formula is C13H16ClN3O. The van der Waals surface area contributed by atoms with Crippen molar-refractivity contribution in [2.45, 2.75) is 26.4 Å². The summed E-state index contributed by atoms with van der Waals surface area (Å²) in [6.07, 6.45) is 1.49. The summed E-state index contributed by atoms with van der Waals surface area (Å²) in [6, 6.07) is 3.76. The lowest BCUT2D eigenvalue weighted by Crippen LogP contribution is -2.08. The van der Waals surface area contributed by atoms with E-state index in [9.17, 15) is 5.11 Å². The van der Waals surface area contributed by atoms with Crippen LogP contribution in [0.3, 0.4) is 0 Å². The van der Waals surface area contributed by atoms with Gasteiger partial charge in [-0.1, -0.05) is 17.7 Å². The molecule has 0 bridgehead atoms. The van der Waals surface area contributed by atoms with Crippen molar-refractivity contribution in [2.24, 2.45) is 7.05 Å². The summed E-state index contributed by atoms with van der Waals surface area (Å²) in [5, 5.41) is 15.0. The number of aryl methyl sites for hydroxylation is 3. The van der Waals surface area contributed by atoms with Crippen molar-refractivity contribution in [3.8, 4) is 0 Å². The first-order chi connectivity index (χ1) is 8.49. The summed E-state index contributed by atoms with van der Waals surface area (Å²) in [6.45, 7) is 3.81. The molecular weight excluding hydrogens is 250 g/mol. The van der Waals surface area contributed by atoms with Crippen LogP contribution in [-0.4, -0.2) is 19.9 Å². The van der Waals surface area contributed by atoms with E-state index in [1.165, 1.54) is 0 Å². The van der Waals surface area contributed by atoms with Crippen LogP contribution in [0.4, 0.5) is 0 Å². The van der Waals surface area contributed by atoms with Crippen molar-refractivity contribution in [1.82, 2.24) is 14.8 Å². The van der Waals surface area contributed by atoms with Crippen molar-refractivity contribution in [3.05, 3.63) is 46.0 Å². The van der Waals surface area contributed by atoms with Gasteiger partial charge >= 0.3 is 0 Å². The summed E-state index contributed by atoms with van der Waals surface area (Å²) < 4.78 is 1.70. The van der Waals surface area contributed by atoms with Crippen molar-refractivity contribution < 1.29 is 5.11 Å². The molecule has 0 aliphatic rings. The van der Waals surface area contributed by atoms with Crippen molar-refractivity contribution >= 4 is 11.6 Å². The molecule has 0 amide bonds. The Bertz CT molecular complexity index is 548. The lowest BCUT2D eigenvalue weighted by atomic mass is 10.1. The molecule has 0 saturated carbocycles. The number of pyridine rings is 1. The molecule has 0 aliphatic heterocycles. The largest absolute Gasteiger partial charge is 0.386 e. The SMILES string of the molecule is Cc1ccc(C(O)Cc2c(Cl)c(C)nn2C)nc1. The van der Waals surface area contributed by atoms with Gasteiger partial charge in [0.25, 0.3) is 0 Å². The van der Waals surface area contributed by atoms with Gasteiger partial charge in [-0.2, -0.15) is 5.10 Å². The van der Waals surface area contributed by atoms with Gasteiger partial charge in [-0.25, -0.2) is 0 Å². The molecule has 0 radical (unpaired) electrons. The lowest BCUT2D eigenvalue weighted by molar-refractivity contribution is 0.171. The minimum atomic E-state index is -0.669. The standard InChI is InChI=1S/C13H16ClN3O/c1-8-4-5-10(15-7-8)12(18)6-11-13(14)9(2)16-17(11)3/h4-5,7,12,18H,6H2,1-3H3. The van der Waals surface area contributed by atoms with Crippen LogP contribution < -0.4 is 0 Å². The Labute approximate surface area is 111 Å². The summed E-state index contributed by atoms with van der Waals surface area (Å²) in [5.74, 6) is 0. The van der Waals surface area contributed by atoms with Crippen LogP contribution in [0.2, 0.25) is 5.02 Å². The highest BCUT2D eigenvalue weighted by Gasteiger charge is 2.17. The van der Waals surface area contributed by atoms with E-state index in [2.05, 4.69) is 10.1 Å². The van der Waals surface area contributed by atoms with Crippen LogP contribution in [0, 0.1) is 13.8 Å². The maximum absolute atomic E-state index is 10.2. The number of rotatable bonds is 3. The Hall–Kier alpha value is -1.39. The zero-order valence-electron chi connectivity index (χ0n) is 10.7. The molecule has 18 heavy (non-hydrogen) atoms. The van der Waals surface area contributed by atoms with Crippen LogP contribution in [0.25, 0.3) is 0 Å². The fourth-order valence-corrected chi connectivity index (χ4v) is 2.10. The first kappa shape index (κ1) is 13.1. The normalized spacial score (nSPS) is 12.7. The van der Waals surface area contributed by atoms with E-state index in [0.29, 0.717) is 17.1 Å². The van der Waals surface area contributed by atoms with Gasteiger partial charge in [-0.3, -0.25) is 9.67 Å². The number of hydrogen-bond donors (Lipinski definition) is 1. The van der Waals surface area contributed by atoms with Crippen molar-refractivity contribution in [3.63, 3.8) is 0 Å². The van der Waals surface area contributed by atoms with Gasteiger partial charge in [0.05, 0.1) is 22.1 Å². The predicted octanol–water partition coefficient (Wildman–Crippen LogP) is 2.36. The average molecular weight is 266 g/mol. The number of nitrogens with zero attached hydrogens (tertiary/aromatic N) is 3. The Kier molecular flexibility index (Phi) is 3.68. The van der Waals surface area contributed by atoms with E-state index < -0.39 is 6.10 Å². The second-order valence-corrected chi connectivity index (χ2v) is 4.83. The smallest absolute Gasteiger partial charge is 0.101 e. The number of halogens is 1. The maximum atomic E-state index is 10.2. The molecule has 2 aromatic rings. The van der Waals surface area contributed by atoms with Gasteiger partial charge in [0, 0.05) is 19.7 Å². The highest BCUT2D eigenvalue weighted by atomic mass is 35.5. The van der Waals surface area contributed by atoms with E-state index in [0.717, 1.165) is 17.0 Å². The second kappa shape index (κ2) is 5.08. The summed E-state index contributed by atoms with van der Waals surface area (Å²) >= 11 is 6.16. The average Bonchev–Trinajstić information content (AvgIpc) is 2.57. The minimum Gasteiger partial charge on any atom is -0.386 e. The van der Waals surface area contributed by atoms with Gasteiger partial charge < -0.3 is 5.11 Å². The third-order valence-electron chi connectivity index (χ3n) is 2.92. The molecule has 1 N–H and O–H groups in total. The number of hydrogen-bond acceptors (Lipinski definition) is 3. The summed E-state index contributed by atoms with van der Waals surface area (Å²) in [5.41, 5.74) is 3.32. The molecule has 0 aliphatic carbocycles. The minimum absolute atomic E-state index is 0.409. The fraction of sp³-hybridized carbons (Fsp3) is 0.385. The van der Waals surface area contributed by atoms with Crippen LogP contribution in [0.15, 0.2) is 18.3 Å².